The fourth-order valence-electron chi connectivity index (χ4n) is 2.94. The number of ether oxygens (including phenoxy) is 1. The SMILES string of the molecule is CN(Cl)c1ncnc2c(-c3ccc(N4CCOCC4)cc3)csc12. The van der Waals surface area contributed by atoms with Crippen molar-refractivity contribution in [3.63, 3.8) is 0 Å². The lowest BCUT2D eigenvalue weighted by Crippen LogP contribution is -2.36. The van der Waals surface area contributed by atoms with Gasteiger partial charge in [-0.3, -0.25) is 4.42 Å². The molecule has 0 bridgehead atoms. The van der Waals surface area contributed by atoms with Gasteiger partial charge in [-0.2, -0.15) is 0 Å². The molecule has 0 unspecified atom stereocenters. The largest absolute Gasteiger partial charge is 0.378 e. The van der Waals surface area contributed by atoms with Crippen LogP contribution in [0.25, 0.3) is 21.3 Å². The van der Waals surface area contributed by atoms with Gasteiger partial charge in [0.2, 0.25) is 0 Å². The highest BCUT2D eigenvalue weighted by molar-refractivity contribution is 7.18. The van der Waals surface area contributed by atoms with E-state index in [0.717, 1.165) is 53.5 Å². The summed E-state index contributed by atoms with van der Waals surface area (Å²) in [6.07, 6.45) is 1.56. The van der Waals surface area contributed by atoms with E-state index in [1.54, 1.807) is 24.7 Å². The van der Waals surface area contributed by atoms with E-state index in [0.29, 0.717) is 0 Å². The van der Waals surface area contributed by atoms with E-state index in [4.69, 9.17) is 16.5 Å². The fraction of sp³-hybridized carbons (Fsp3) is 0.294. The van der Waals surface area contributed by atoms with Crippen LogP contribution in [0, 0.1) is 0 Å². The normalized spacial score (nSPS) is 15.0. The summed E-state index contributed by atoms with van der Waals surface area (Å²) < 4.78 is 7.92. The Labute approximate surface area is 149 Å². The van der Waals surface area contributed by atoms with Gasteiger partial charge in [0.05, 0.1) is 23.4 Å². The third-order valence-corrected chi connectivity index (χ3v) is 5.31. The highest BCUT2D eigenvalue weighted by Gasteiger charge is 2.15. The molecule has 0 spiro atoms. The number of anilines is 2. The van der Waals surface area contributed by atoms with Crippen molar-refractivity contribution in [3.05, 3.63) is 36.0 Å². The zero-order valence-corrected chi connectivity index (χ0v) is 14.8. The van der Waals surface area contributed by atoms with Gasteiger partial charge in [0, 0.05) is 48.5 Å². The Kier molecular flexibility index (Phi) is 4.26. The van der Waals surface area contributed by atoms with E-state index in [1.807, 2.05) is 0 Å². The van der Waals surface area contributed by atoms with Crippen LogP contribution in [0.4, 0.5) is 11.5 Å². The molecule has 0 saturated carbocycles. The first-order valence-corrected chi connectivity index (χ1v) is 9.00. The maximum atomic E-state index is 6.08. The average Bonchev–Trinajstić information content (AvgIpc) is 3.06. The number of hydrogen-bond donors (Lipinski definition) is 0. The maximum absolute atomic E-state index is 6.08. The monoisotopic (exact) mass is 360 g/mol. The molecule has 0 aliphatic carbocycles. The summed E-state index contributed by atoms with van der Waals surface area (Å²) in [6, 6.07) is 8.64. The van der Waals surface area contributed by atoms with E-state index < -0.39 is 0 Å². The molecule has 124 valence electrons. The van der Waals surface area contributed by atoms with Gasteiger partial charge in [0.1, 0.15) is 6.33 Å². The third-order valence-electron chi connectivity index (χ3n) is 4.18. The topological polar surface area (TPSA) is 41.5 Å². The molecule has 3 heterocycles. The Morgan fingerprint density at radius 2 is 1.92 bits per heavy atom. The Hall–Kier alpha value is -1.89. The van der Waals surface area contributed by atoms with Crippen molar-refractivity contribution in [2.24, 2.45) is 0 Å². The van der Waals surface area contributed by atoms with Gasteiger partial charge >= 0.3 is 0 Å². The molecule has 0 radical (unpaired) electrons. The van der Waals surface area contributed by atoms with Crippen molar-refractivity contribution in [3.8, 4) is 11.1 Å². The molecule has 1 aliphatic rings. The van der Waals surface area contributed by atoms with Crippen molar-refractivity contribution in [1.82, 2.24) is 9.97 Å². The summed E-state index contributed by atoms with van der Waals surface area (Å²) in [5.74, 6) is 0.739. The molecule has 7 heteroatoms. The lowest BCUT2D eigenvalue weighted by atomic mass is 10.1. The molecular formula is C17H17ClN4OS. The predicted octanol–water partition coefficient (Wildman–Crippen LogP) is 3.78. The smallest absolute Gasteiger partial charge is 0.164 e. The van der Waals surface area contributed by atoms with E-state index in [2.05, 4.69) is 44.5 Å². The quantitative estimate of drug-likeness (QED) is 0.665. The molecule has 1 aromatic carbocycles. The molecular weight excluding hydrogens is 344 g/mol. The molecule has 0 amide bonds. The second-order valence-electron chi connectivity index (χ2n) is 5.65. The molecule has 1 saturated heterocycles. The number of hydrogen-bond acceptors (Lipinski definition) is 6. The van der Waals surface area contributed by atoms with Crippen LogP contribution >= 0.6 is 23.1 Å². The van der Waals surface area contributed by atoms with Gasteiger partial charge in [0.25, 0.3) is 0 Å². The van der Waals surface area contributed by atoms with Crippen LogP contribution < -0.4 is 9.32 Å². The van der Waals surface area contributed by atoms with Crippen molar-refractivity contribution in [2.75, 3.05) is 42.7 Å². The van der Waals surface area contributed by atoms with Gasteiger partial charge in [-0.05, 0) is 17.7 Å². The van der Waals surface area contributed by atoms with Crippen molar-refractivity contribution >= 4 is 44.8 Å². The first-order chi connectivity index (χ1) is 11.7. The zero-order valence-electron chi connectivity index (χ0n) is 13.3. The number of benzene rings is 1. The zero-order chi connectivity index (χ0) is 16.5. The third kappa shape index (κ3) is 2.81. The number of nitrogens with zero attached hydrogens (tertiary/aromatic N) is 4. The summed E-state index contributed by atoms with van der Waals surface area (Å²) >= 11 is 7.70. The van der Waals surface area contributed by atoms with E-state index in [1.165, 1.54) is 10.1 Å². The van der Waals surface area contributed by atoms with E-state index in [-0.39, 0.29) is 0 Å². The summed E-state index contributed by atoms with van der Waals surface area (Å²) in [6.45, 7) is 3.48. The van der Waals surface area contributed by atoms with Gasteiger partial charge in [-0.15, -0.1) is 11.3 Å². The summed E-state index contributed by atoms with van der Waals surface area (Å²) in [4.78, 5) is 11.1. The van der Waals surface area contributed by atoms with Gasteiger partial charge in [-0.1, -0.05) is 12.1 Å². The maximum Gasteiger partial charge on any atom is 0.164 e. The van der Waals surface area contributed by atoms with Gasteiger partial charge < -0.3 is 9.64 Å². The minimum absolute atomic E-state index is 0.739. The molecule has 1 fully saturated rings. The molecule has 3 aromatic rings. The summed E-state index contributed by atoms with van der Waals surface area (Å²) in [5.41, 5.74) is 4.44. The van der Waals surface area contributed by atoms with Crippen molar-refractivity contribution in [1.29, 1.82) is 0 Å². The minimum Gasteiger partial charge on any atom is -0.378 e. The first kappa shape index (κ1) is 15.6. The highest BCUT2D eigenvalue weighted by Crippen LogP contribution is 2.37. The molecule has 24 heavy (non-hydrogen) atoms. The van der Waals surface area contributed by atoms with E-state index >= 15 is 0 Å². The van der Waals surface area contributed by atoms with Crippen LogP contribution in [0.15, 0.2) is 36.0 Å². The Bertz CT molecular complexity index is 843. The van der Waals surface area contributed by atoms with Gasteiger partial charge in [-0.25, -0.2) is 9.97 Å². The average molecular weight is 361 g/mol. The number of thiophene rings is 1. The Morgan fingerprint density at radius 3 is 2.62 bits per heavy atom. The van der Waals surface area contributed by atoms with Crippen LogP contribution in [-0.2, 0) is 4.74 Å². The summed E-state index contributed by atoms with van der Waals surface area (Å²) in [5, 5.41) is 2.12. The minimum atomic E-state index is 0.739. The van der Waals surface area contributed by atoms with Gasteiger partial charge in [0.15, 0.2) is 5.82 Å². The standard InChI is InChI=1S/C17H17ClN4OS/c1-21(18)17-16-15(19-11-20-17)14(10-24-16)12-2-4-13(5-3-12)22-6-8-23-9-7-22/h2-5,10-11H,6-9H2,1H3. The van der Waals surface area contributed by atoms with E-state index in [9.17, 15) is 0 Å². The molecule has 2 aromatic heterocycles. The highest BCUT2D eigenvalue weighted by atomic mass is 35.5. The lowest BCUT2D eigenvalue weighted by molar-refractivity contribution is 0.122. The first-order valence-electron chi connectivity index (χ1n) is 7.79. The molecule has 0 N–H and O–H groups in total. The molecule has 4 rings (SSSR count). The second-order valence-corrected chi connectivity index (χ2v) is 7.03. The van der Waals surface area contributed by atoms with Crippen molar-refractivity contribution < 1.29 is 4.74 Å². The molecule has 0 atom stereocenters. The number of halogens is 1. The van der Waals surface area contributed by atoms with Crippen LogP contribution in [-0.4, -0.2) is 43.3 Å². The molecule has 5 nitrogen and oxygen atoms in total. The molecule has 1 aliphatic heterocycles. The number of aromatic nitrogens is 2. The van der Waals surface area contributed by atoms with Crippen molar-refractivity contribution in [2.45, 2.75) is 0 Å². The second kappa shape index (κ2) is 6.55. The predicted molar refractivity (Wildman–Crippen MR) is 100 cm³/mol. The van der Waals surface area contributed by atoms with Crippen LogP contribution in [0.1, 0.15) is 0 Å². The van der Waals surface area contributed by atoms with Crippen LogP contribution in [0.3, 0.4) is 0 Å². The lowest BCUT2D eigenvalue weighted by Gasteiger charge is -2.28. The Morgan fingerprint density at radius 1 is 1.17 bits per heavy atom. The number of fused-ring (bicyclic) bond motifs is 1. The number of rotatable bonds is 3. The Balaban J connectivity index is 1.69. The van der Waals surface area contributed by atoms with Crippen LogP contribution in [0.2, 0.25) is 0 Å². The van der Waals surface area contributed by atoms with Crippen LogP contribution in [0.5, 0.6) is 0 Å². The fourth-order valence-corrected chi connectivity index (χ4v) is 4.17. The number of morpholine rings is 1. The summed E-state index contributed by atoms with van der Waals surface area (Å²) in [7, 11) is 1.78.